The molecule has 0 unspecified atom stereocenters. The molecule has 2 fully saturated rings. The minimum Gasteiger partial charge on any atom is -0.508 e. The molecule has 2 aliphatic rings. The summed E-state index contributed by atoms with van der Waals surface area (Å²) in [5.41, 5.74) is 0.716. The molecule has 3 aromatic rings. The summed E-state index contributed by atoms with van der Waals surface area (Å²) in [5.74, 6) is 0.284. The van der Waals surface area contributed by atoms with E-state index in [0.29, 0.717) is 43.9 Å². The fraction of sp³-hybridized carbons (Fsp3) is 0.360. The van der Waals surface area contributed by atoms with E-state index in [9.17, 15) is 24.9 Å². The van der Waals surface area contributed by atoms with Crippen molar-refractivity contribution in [3.63, 3.8) is 0 Å². The van der Waals surface area contributed by atoms with E-state index in [-0.39, 0.29) is 45.8 Å². The summed E-state index contributed by atoms with van der Waals surface area (Å²) < 4.78 is 6.02. The molecular weight excluding hydrogens is 424 g/mol. The first-order valence-electron chi connectivity index (χ1n) is 11.2. The molecule has 1 saturated carbocycles. The maximum absolute atomic E-state index is 12.8. The van der Waals surface area contributed by atoms with Crippen molar-refractivity contribution in [2.75, 3.05) is 26.2 Å². The van der Waals surface area contributed by atoms with Crippen LogP contribution in [0.1, 0.15) is 24.8 Å². The quantitative estimate of drug-likeness (QED) is 0.560. The topological polar surface area (TPSA) is 114 Å². The van der Waals surface area contributed by atoms with E-state index in [1.807, 2.05) is 4.90 Å². The van der Waals surface area contributed by atoms with Gasteiger partial charge in [0, 0.05) is 56.3 Å². The molecular formula is C25H26N2O6. The van der Waals surface area contributed by atoms with E-state index in [0.717, 1.165) is 19.3 Å². The summed E-state index contributed by atoms with van der Waals surface area (Å²) in [7, 11) is 0. The van der Waals surface area contributed by atoms with Crippen LogP contribution in [0.5, 0.6) is 17.2 Å². The van der Waals surface area contributed by atoms with E-state index >= 15 is 0 Å². The highest BCUT2D eigenvalue weighted by Crippen LogP contribution is 2.36. The SMILES string of the molecule is O=C(C1CCC1)N1CCN(Cc2c(O)cc(O)c3c(=O)cc(-c4ccc(O)cc4)oc23)CC1. The van der Waals surface area contributed by atoms with Crippen LogP contribution in [0.2, 0.25) is 0 Å². The third kappa shape index (κ3) is 4.02. The maximum Gasteiger partial charge on any atom is 0.225 e. The Kier molecular flexibility index (Phi) is 5.46. The smallest absolute Gasteiger partial charge is 0.225 e. The van der Waals surface area contributed by atoms with Crippen molar-refractivity contribution in [1.29, 1.82) is 0 Å². The monoisotopic (exact) mass is 450 g/mol. The predicted octanol–water partition coefficient (Wildman–Crippen LogP) is 3.02. The van der Waals surface area contributed by atoms with E-state index in [2.05, 4.69) is 4.90 Å². The maximum atomic E-state index is 12.8. The van der Waals surface area contributed by atoms with Gasteiger partial charge in [-0.3, -0.25) is 14.5 Å². The van der Waals surface area contributed by atoms with Crippen LogP contribution >= 0.6 is 0 Å². The van der Waals surface area contributed by atoms with Crippen LogP contribution in [-0.2, 0) is 11.3 Å². The van der Waals surface area contributed by atoms with Crippen molar-refractivity contribution in [1.82, 2.24) is 9.80 Å². The van der Waals surface area contributed by atoms with Gasteiger partial charge in [0.2, 0.25) is 5.91 Å². The van der Waals surface area contributed by atoms with Gasteiger partial charge in [0.15, 0.2) is 11.0 Å². The molecule has 33 heavy (non-hydrogen) atoms. The Morgan fingerprint density at radius 1 is 0.970 bits per heavy atom. The Morgan fingerprint density at radius 3 is 2.30 bits per heavy atom. The zero-order valence-corrected chi connectivity index (χ0v) is 18.2. The van der Waals surface area contributed by atoms with Gasteiger partial charge in [0.25, 0.3) is 0 Å². The summed E-state index contributed by atoms with van der Waals surface area (Å²) in [4.78, 5) is 29.4. The molecule has 2 heterocycles. The zero-order chi connectivity index (χ0) is 23.1. The number of amides is 1. The Hall–Kier alpha value is -3.52. The lowest BCUT2D eigenvalue weighted by molar-refractivity contribution is -0.140. The Labute approximate surface area is 190 Å². The Bertz CT molecular complexity index is 1250. The third-order valence-corrected chi connectivity index (χ3v) is 6.73. The highest BCUT2D eigenvalue weighted by molar-refractivity contribution is 5.89. The highest BCUT2D eigenvalue weighted by atomic mass is 16.3. The number of hydrogen-bond acceptors (Lipinski definition) is 7. The van der Waals surface area contributed by atoms with Crippen LogP contribution in [0.25, 0.3) is 22.3 Å². The van der Waals surface area contributed by atoms with Crippen molar-refractivity contribution in [3.8, 4) is 28.6 Å². The molecule has 0 bridgehead atoms. The standard InChI is InChI=1S/C25H26N2O6/c28-17-6-4-15(5-7-17)22-13-21(31)23-20(30)12-19(29)18(24(23)33-22)14-26-8-10-27(11-9-26)25(32)16-2-1-3-16/h4-7,12-13,16,28-30H,1-3,8-11,14H2. The van der Waals surface area contributed by atoms with Gasteiger partial charge in [0.05, 0.1) is 5.56 Å². The molecule has 172 valence electrons. The minimum absolute atomic E-state index is 0.0177. The highest BCUT2D eigenvalue weighted by Gasteiger charge is 2.31. The molecule has 2 aromatic carbocycles. The van der Waals surface area contributed by atoms with Crippen molar-refractivity contribution in [3.05, 3.63) is 52.2 Å². The second-order valence-corrected chi connectivity index (χ2v) is 8.85. The molecule has 1 aliphatic carbocycles. The van der Waals surface area contributed by atoms with Crippen LogP contribution in [0.15, 0.2) is 45.6 Å². The number of phenols is 3. The van der Waals surface area contributed by atoms with Crippen LogP contribution in [0.4, 0.5) is 0 Å². The number of piperazine rings is 1. The number of phenolic OH excluding ortho intramolecular Hbond substituents is 3. The lowest BCUT2D eigenvalue weighted by Gasteiger charge is -2.38. The summed E-state index contributed by atoms with van der Waals surface area (Å²) in [6.07, 6.45) is 3.09. The van der Waals surface area contributed by atoms with E-state index in [4.69, 9.17) is 4.42 Å². The molecule has 8 heteroatoms. The second-order valence-electron chi connectivity index (χ2n) is 8.85. The Balaban J connectivity index is 1.44. The van der Waals surface area contributed by atoms with Crippen LogP contribution in [0, 0.1) is 5.92 Å². The normalized spacial score (nSPS) is 17.3. The first-order valence-corrected chi connectivity index (χ1v) is 11.2. The first-order chi connectivity index (χ1) is 15.9. The molecule has 5 rings (SSSR count). The van der Waals surface area contributed by atoms with Crippen LogP contribution in [-0.4, -0.2) is 57.2 Å². The number of fused-ring (bicyclic) bond motifs is 1. The van der Waals surface area contributed by atoms with Gasteiger partial charge in [-0.15, -0.1) is 0 Å². The van der Waals surface area contributed by atoms with E-state index in [1.165, 1.54) is 24.3 Å². The molecule has 0 radical (unpaired) electrons. The number of aromatic hydroxyl groups is 3. The molecule has 0 atom stereocenters. The number of nitrogens with zero attached hydrogens (tertiary/aromatic N) is 2. The minimum atomic E-state index is -0.422. The third-order valence-electron chi connectivity index (χ3n) is 6.73. The molecule has 3 N–H and O–H groups in total. The number of hydrogen-bond donors (Lipinski definition) is 3. The van der Waals surface area contributed by atoms with Gasteiger partial charge in [-0.1, -0.05) is 6.42 Å². The summed E-state index contributed by atoms with van der Waals surface area (Å²) in [6, 6.07) is 8.70. The first kappa shape index (κ1) is 21.3. The van der Waals surface area contributed by atoms with Crippen LogP contribution in [0.3, 0.4) is 0 Å². The number of rotatable bonds is 4. The van der Waals surface area contributed by atoms with Crippen molar-refractivity contribution < 1.29 is 24.5 Å². The van der Waals surface area contributed by atoms with E-state index < -0.39 is 5.43 Å². The summed E-state index contributed by atoms with van der Waals surface area (Å²) >= 11 is 0. The average molecular weight is 450 g/mol. The fourth-order valence-corrected chi connectivity index (χ4v) is 4.54. The molecule has 1 amide bonds. The van der Waals surface area contributed by atoms with Crippen molar-refractivity contribution >= 4 is 16.9 Å². The van der Waals surface area contributed by atoms with Gasteiger partial charge in [-0.05, 0) is 37.1 Å². The lowest BCUT2D eigenvalue weighted by Crippen LogP contribution is -2.50. The fourth-order valence-electron chi connectivity index (χ4n) is 4.54. The number of carbonyl (C=O) groups is 1. The lowest BCUT2D eigenvalue weighted by atomic mass is 9.84. The molecule has 8 nitrogen and oxygen atoms in total. The number of carbonyl (C=O) groups excluding carboxylic acids is 1. The van der Waals surface area contributed by atoms with Crippen molar-refractivity contribution in [2.45, 2.75) is 25.8 Å². The molecule has 1 aromatic heterocycles. The summed E-state index contributed by atoms with van der Waals surface area (Å²) in [5, 5.41) is 30.5. The summed E-state index contributed by atoms with van der Waals surface area (Å²) in [6.45, 7) is 2.84. The van der Waals surface area contributed by atoms with Crippen molar-refractivity contribution in [2.24, 2.45) is 5.92 Å². The molecule has 1 aliphatic heterocycles. The van der Waals surface area contributed by atoms with Gasteiger partial charge < -0.3 is 24.6 Å². The second kappa shape index (κ2) is 8.44. The van der Waals surface area contributed by atoms with E-state index in [1.54, 1.807) is 12.1 Å². The number of benzene rings is 2. The van der Waals surface area contributed by atoms with Gasteiger partial charge in [-0.25, -0.2) is 0 Å². The van der Waals surface area contributed by atoms with Gasteiger partial charge in [-0.2, -0.15) is 0 Å². The average Bonchev–Trinajstić information content (AvgIpc) is 2.75. The Morgan fingerprint density at radius 2 is 1.67 bits per heavy atom. The van der Waals surface area contributed by atoms with Gasteiger partial charge in [0.1, 0.15) is 28.4 Å². The largest absolute Gasteiger partial charge is 0.508 e. The van der Waals surface area contributed by atoms with Crippen LogP contribution < -0.4 is 5.43 Å². The molecule has 0 spiro atoms. The molecule has 1 saturated heterocycles. The van der Waals surface area contributed by atoms with Gasteiger partial charge >= 0.3 is 0 Å². The zero-order valence-electron chi connectivity index (χ0n) is 18.2. The predicted molar refractivity (Wildman–Crippen MR) is 122 cm³/mol.